The van der Waals surface area contributed by atoms with E-state index in [1.54, 1.807) is 6.92 Å². The van der Waals surface area contributed by atoms with Crippen LogP contribution < -0.4 is 0 Å². The number of hydrogen-bond acceptors (Lipinski definition) is 14. The third kappa shape index (κ3) is 68.3. The minimum Gasteiger partial charge on any atom is -0.478 e. The molecule has 0 amide bonds. The number of carboxylic acids is 8. The monoisotopic (exact) mass is 682 g/mol. The maximum atomic E-state index is 10.7. The summed E-state index contributed by atoms with van der Waals surface area (Å²) in [6, 6.07) is 0. The standard InChI is InChI=1S/C7H8O4.4C4H4O4.C2H6O2/c1-5-4-10-6(8)2-3-7(9)11-5;4*5-3(6)1-2-4(7)8;3-1-2-4/h2-3,5H,4H2,1H3;4*1-2H,(H,5,6)(H,7,8);3-4H,1-2H2/b3-2+;4*2-1+;. The Kier molecular flexibility index (Phi) is 36.0. The zero-order valence-corrected chi connectivity index (χ0v) is 23.8. The number of carboxylic acid groups (broad SMARTS) is 8. The summed E-state index contributed by atoms with van der Waals surface area (Å²) in [4.78, 5) is 97.7. The second-order valence-electron chi connectivity index (χ2n) is 6.70. The van der Waals surface area contributed by atoms with E-state index in [2.05, 4.69) is 4.74 Å². The zero-order valence-electron chi connectivity index (χ0n) is 23.8. The Bertz CT molecular complexity index is 1000. The molecule has 0 aromatic heterocycles. The lowest BCUT2D eigenvalue weighted by molar-refractivity contribution is -0.153. The van der Waals surface area contributed by atoms with Crippen LogP contribution in [0.3, 0.4) is 0 Å². The van der Waals surface area contributed by atoms with Crippen molar-refractivity contribution in [2.45, 2.75) is 13.0 Å². The Morgan fingerprint density at radius 2 is 0.745 bits per heavy atom. The van der Waals surface area contributed by atoms with E-state index in [4.69, 9.17) is 55.8 Å². The van der Waals surface area contributed by atoms with Gasteiger partial charge in [0.1, 0.15) is 12.7 Å². The fourth-order valence-electron chi connectivity index (χ4n) is 1.23. The van der Waals surface area contributed by atoms with Gasteiger partial charge in [0.05, 0.1) is 13.2 Å². The van der Waals surface area contributed by atoms with Crippen LogP contribution >= 0.6 is 0 Å². The van der Waals surface area contributed by atoms with Crippen molar-refractivity contribution in [3.05, 3.63) is 60.8 Å². The predicted molar refractivity (Wildman–Crippen MR) is 147 cm³/mol. The smallest absolute Gasteiger partial charge is 0.331 e. The molecule has 10 N–H and O–H groups in total. The van der Waals surface area contributed by atoms with Crippen LogP contribution in [0.4, 0.5) is 0 Å². The lowest BCUT2D eigenvalue weighted by Crippen LogP contribution is -2.23. The fraction of sp³-hybridized carbons (Fsp3) is 0.200. The maximum Gasteiger partial charge on any atom is 0.331 e. The van der Waals surface area contributed by atoms with Gasteiger partial charge in [-0.1, -0.05) is 0 Å². The van der Waals surface area contributed by atoms with Crippen molar-refractivity contribution in [3.63, 3.8) is 0 Å². The number of aliphatic carboxylic acids is 8. The first-order valence-electron chi connectivity index (χ1n) is 11.4. The molecule has 0 saturated heterocycles. The number of carbonyl (C=O) groups excluding carboxylic acids is 2. The molecule has 1 rings (SSSR count). The normalized spacial score (nSPS) is 13.6. The molecule has 0 spiro atoms. The van der Waals surface area contributed by atoms with Crippen molar-refractivity contribution in [1.82, 2.24) is 0 Å². The number of carbonyl (C=O) groups is 10. The number of ether oxygens (including phenoxy) is 2. The summed E-state index contributed by atoms with van der Waals surface area (Å²) in [7, 11) is 0. The van der Waals surface area contributed by atoms with E-state index >= 15 is 0 Å². The number of aliphatic hydroxyl groups is 2. The van der Waals surface area contributed by atoms with E-state index in [0.717, 1.165) is 12.2 Å². The van der Waals surface area contributed by atoms with E-state index in [-0.39, 0.29) is 25.9 Å². The lowest BCUT2D eigenvalue weighted by atomic mass is 10.4. The van der Waals surface area contributed by atoms with Crippen LogP contribution in [0.15, 0.2) is 60.8 Å². The van der Waals surface area contributed by atoms with Crippen LogP contribution in [-0.2, 0) is 57.4 Å². The average molecular weight is 682 g/mol. The van der Waals surface area contributed by atoms with Crippen LogP contribution in [0.2, 0.25) is 0 Å². The van der Waals surface area contributed by atoms with E-state index in [1.807, 2.05) is 0 Å². The highest BCUT2D eigenvalue weighted by Crippen LogP contribution is 1.98. The molecule has 1 aliphatic heterocycles. The van der Waals surface area contributed by atoms with Gasteiger partial charge < -0.3 is 60.5 Å². The van der Waals surface area contributed by atoms with Crippen molar-refractivity contribution in [2.75, 3.05) is 19.8 Å². The average Bonchev–Trinajstić information content (AvgIpc) is 2.95. The molecule has 1 heterocycles. The van der Waals surface area contributed by atoms with Crippen LogP contribution in [-0.4, -0.2) is 137 Å². The largest absolute Gasteiger partial charge is 0.478 e. The van der Waals surface area contributed by atoms with Gasteiger partial charge in [-0.05, 0) is 6.92 Å². The van der Waals surface area contributed by atoms with Gasteiger partial charge in [-0.2, -0.15) is 0 Å². The van der Waals surface area contributed by atoms with E-state index in [1.165, 1.54) is 0 Å². The molecule has 0 bridgehead atoms. The van der Waals surface area contributed by atoms with Gasteiger partial charge in [-0.3, -0.25) is 0 Å². The second kappa shape index (κ2) is 33.8. The first-order chi connectivity index (χ1) is 21.6. The maximum absolute atomic E-state index is 10.7. The molecule has 0 fully saturated rings. The van der Waals surface area contributed by atoms with E-state index in [9.17, 15) is 47.9 Å². The Labute approximate surface area is 262 Å². The number of cyclic esters (lactones) is 2. The Morgan fingerprint density at radius 3 is 0.936 bits per heavy atom. The predicted octanol–water partition coefficient (Wildman–Crippen LogP) is -2.15. The lowest BCUT2D eigenvalue weighted by Gasteiger charge is -2.13. The van der Waals surface area contributed by atoms with Crippen molar-refractivity contribution >= 4 is 59.7 Å². The number of hydrogen-bond donors (Lipinski definition) is 10. The molecule has 1 atom stereocenters. The highest BCUT2D eigenvalue weighted by atomic mass is 16.6. The van der Waals surface area contributed by atoms with Crippen LogP contribution in [0.5, 0.6) is 0 Å². The van der Waals surface area contributed by atoms with Crippen LogP contribution in [0, 0.1) is 0 Å². The van der Waals surface area contributed by atoms with Crippen molar-refractivity contribution < 1.29 is 108 Å². The quantitative estimate of drug-likeness (QED) is 0.0914. The van der Waals surface area contributed by atoms with Gasteiger partial charge in [0.2, 0.25) is 0 Å². The molecular formula is C25H30O22. The molecule has 0 aliphatic carbocycles. The Morgan fingerprint density at radius 1 is 0.532 bits per heavy atom. The fourth-order valence-corrected chi connectivity index (χ4v) is 1.23. The molecule has 22 nitrogen and oxygen atoms in total. The summed E-state index contributed by atoms with van der Waals surface area (Å²) in [5.41, 5.74) is 0. The minimum atomic E-state index is -1.26. The first-order valence-corrected chi connectivity index (χ1v) is 11.4. The van der Waals surface area contributed by atoms with Gasteiger partial charge in [-0.15, -0.1) is 0 Å². The molecule has 262 valence electrons. The minimum absolute atomic E-state index is 0.120. The summed E-state index contributed by atoms with van der Waals surface area (Å²) in [5.74, 6) is -11.1. The van der Waals surface area contributed by atoms with E-state index in [0.29, 0.717) is 48.6 Å². The number of rotatable bonds is 9. The van der Waals surface area contributed by atoms with E-state index < -0.39 is 59.7 Å². The van der Waals surface area contributed by atoms with Crippen LogP contribution in [0.1, 0.15) is 6.92 Å². The Balaban J connectivity index is -0.000000153. The molecule has 0 saturated carbocycles. The highest BCUT2D eigenvalue weighted by molar-refractivity contribution is 5.92. The van der Waals surface area contributed by atoms with Crippen molar-refractivity contribution in [2.24, 2.45) is 0 Å². The van der Waals surface area contributed by atoms with Crippen molar-refractivity contribution in [3.8, 4) is 0 Å². The van der Waals surface area contributed by atoms with Gasteiger partial charge in [0.15, 0.2) is 0 Å². The van der Waals surface area contributed by atoms with Crippen LogP contribution in [0.25, 0.3) is 0 Å². The number of aliphatic hydroxyl groups excluding tert-OH is 2. The molecule has 0 radical (unpaired) electrons. The van der Waals surface area contributed by atoms with Gasteiger partial charge in [0, 0.05) is 60.8 Å². The first kappa shape index (κ1) is 50.0. The van der Waals surface area contributed by atoms with Gasteiger partial charge in [0.25, 0.3) is 0 Å². The summed E-state index contributed by atoms with van der Waals surface area (Å²) >= 11 is 0. The van der Waals surface area contributed by atoms with Crippen molar-refractivity contribution in [1.29, 1.82) is 0 Å². The zero-order chi connectivity index (χ0) is 38.0. The molecule has 1 aliphatic rings. The highest BCUT2D eigenvalue weighted by Gasteiger charge is 2.12. The van der Waals surface area contributed by atoms with Gasteiger partial charge >= 0.3 is 59.7 Å². The summed E-state index contributed by atoms with van der Waals surface area (Å²) in [6.07, 6.45) is 6.20. The third-order valence-electron chi connectivity index (χ3n) is 2.71. The van der Waals surface area contributed by atoms with Gasteiger partial charge in [-0.25, -0.2) is 47.9 Å². The topological polar surface area (TPSA) is 391 Å². The molecule has 0 aromatic rings. The molecule has 1 unspecified atom stereocenters. The summed E-state index contributed by atoms with van der Waals surface area (Å²) in [6.45, 7) is 1.53. The molecule has 47 heavy (non-hydrogen) atoms. The molecule has 22 heteroatoms. The third-order valence-corrected chi connectivity index (χ3v) is 2.71. The Hall–Kier alpha value is -6.68. The number of esters is 2. The summed E-state index contributed by atoms with van der Waals surface area (Å²) in [5, 5.41) is 77.7. The molecule has 0 aromatic carbocycles. The SMILES string of the molecule is CC1COC(=O)/C=C/C(=O)O1.O=C(O)/C=C/C(=O)O.O=C(O)/C=C/C(=O)O.O=C(O)/C=C/C(=O)O.O=C(O)/C=C/C(=O)O.OCCO. The summed E-state index contributed by atoms with van der Waals surface area (Å²) < 4.78 is 9.38. The molecular weight excluding hydrogens is 652 g/mol. The second-order valence-corrected chi connectivity index (χ2v) is 6.70.